The number of rotatable bonds is 9. The lowest BCUT2D eigenvalue weighted by Gasteiger charge is -2.28. The van der Waals surface area contributed by atoms with Crippen LogP contribution in [0.1, 0.15) is 40.8 Å². The smallest absolute Gasteiger partial charge is 0.295 e. The molecule has 1 saturated heterocycles. The average Bonchev–Trinajstić information content (AvgIpc) is 3.23. The fraction of sp³-hybridized carbons (Fsp3) is 0.182. The third-order valence-corrected chi connectivity index (χ3v) is 6.93. The van der Waals surface area contributed by atoms with Crippen LogP contribution in [0.2, 0.25) is 0 Å². The largest absolute Gasteiger partial charge is 0.872 e. The van der Waals surface area contributed by atoms with Crippen LogP contribution in [0.15, 0.2) is 96.8 Å². The van der Waals surface area contributed by atoms with Gasteiger partial charge in [-0.25, -0.2) is 4.98 Å². The summed E-state index contributed by atoms with van der Waals surface area (Å²) in [5.74, 6) is -1.43. The monoisotopic (exact) mass is 550 g/mol. The highest BCUT2D eigenvalue weighted by atomic mass is 16.5. The van der Waals surface area contributed by atoms with E-state index in [1.165, 1.54) is 11.0 Å². The molecule has 1 atom stereocenters. The molecular weight excluding hydrogens is 520 g/mol. The van der Waals surface area contributed by atoms with Gasteiger partial charge in [-0.15, -0.1) is 0 Å². The molecule has 1 fully saturated rings. The summed E-state index contributed by atoms with van der Waals surface area (Å²) in [5, 5.41) is 24.2. The minimum Gasteiger partial charge on any atom is -0.872 e. The number of ketones is 1. The van der Waals surface area contributed by atoms with Gasteiger partial charge < -0.3 is 24.6 Å². The summed E-state index contributed by atoms with van der Waals surface area (Å²) in [4.78, 5) is 31.1. The predicted octanol–water partition coefficient (Wildman–Crippen LogP) is 3.92. The minimum absolute atomic E-state index is 0.0787. The Hall–Kier alpha value is -5.11. The molecule has 1 aromatic heterocycles. The second-order valence-corrected chi connectivity index (χ2v) is 9.73. The van der Waals surface area contributed by atoms with Crippen molar-refractivity contribution in [3.63, 3.8) is 0 Å². The van der Waals surface area contributed by atoms with E-state index in [4.69, 9.17) is 9.47 Å². The molecule has 0 bridgehead atoms. The number of carbonyl (C=O) groups excluding carboxylic acids is 2. The van der Waals surface area contributed by atoms with Gasteiger partial charge in [-0.05, 0) is 66.4 Å². The molecule has 41 heavy (non-hydrogen) atoms. The van der Waals surface area contributed by atoms with Crippen LogP contribution in [0.4, 0.5) is 0 Å². The summed E-state index contributed by atoms with van der Waals surface area (Å²) in [5.41, 5.74) is 3.09. The van der Waals surface area contributed by atoms with E-state index in [9.17, 15) is 19.8 Å². The van der Waals surface area contributed by atoms with Gasteiger partial charge in [-0.3, -0.25) is 9.59 Å². The maximum atomic E-state index is 13.9. The van der Waals surface area contributed by atoms with Gasteiger partial charge in [-0.2, -0.15) is 0 Å². The Morgan fingerprint density at radius 3 is 2.44 bits per heavy atom. The van der Waals surface area contributed by atoms with E-state index < -0.39 is 23.5 Å². The van der Waals surface area contributed by atoms with Gasteiger partial charge >= 0.3 is 0 Å². The molecule has 2 heterocycles. The number of phenolic OH excluding ortho intramolecular Hbond substituents is 1. The number of aryl methyl sites for hydroxylation is 1. The van der Waals surface area contributed by atoms with Crippen LogP contribution in [-0.4, -0.2) is 28.3 Å². The normalized spacial score (nSPS) is 16.1. The van der Waals surface area contributed by atoms with E-state index in [-0.39, 0.29) is 29.2 Å². The van der Waals surface area contributed by atoms with E-state index in [1.807, 2.05) is 43.3 Å². The first-order valence-corrected chi connectivity index (χ1v) is 13.3. The molecule has 8 nitrogen and oxygen atoms in total. The molecule has 4 aromatic rings. The van der Waals surface area contributed by atoms with Crippen molar-refractivity contribution in [1.82, 2.24) is 4.90 Å². The Morgan fingerprint density at radius 1 is 0.951 bits per heavy atom. The molecule has 1 amide bonds. The molecule has 0 saturated carbocycles. The number of amides is 1. The molecule has 208 valence electrons. The van der Waals surface area contributed by atoms with Crippen molar-refractivity contribution < 1.29 is 34.3 Å². The fourth-order valence-electron chi connectivity index (χ4n) is 4.92. The molecule has 8 heteroatoms. The van der Waals surface area contributed by atoms with Crippen molar-refractivity contribution in [2.45, 2.75) is 33.0 Å². The van der Waals surface area contributed by atoms with E-state index in [0.717, 1.165) is 16.7 Å². The summed E-state index contributed by atoms with van der Waals surface area (Å²) in [6.07, 6.45) is 3.47. The summed E-state index contributed by atoms with van der Waals surface area (Å²) >= 11 is 0. The zero-order valence-corrected chi connectivity index (χ0v) is 22.8. The molecule has 1 unspecified atom stereocenters. The van der Waals surface area contributed by atoms with Gasteiger partial charge in [0.1, 0.15) is 12.4 Å². The third-order valence-electron chi connectivity index (χ3n) is 6.93. The number of phenols is 1. The minimum atomic E-state index is -0.975. The van der Waals surface area contributed by atoms with Gasteiger partial charge in [-0.1, -0.05) is 48.2 Å². The second kappa shape index (κ2) is 12.0. The highest BCUT2D eigenvalue weighted by Gasteiger charge is 2.44. The predicted molar refractivity (Wildman–Crippen MR) is 149 cm³/mol. The van der Waals surface area contributed by atoms with Crippen molar-refractivity contribution >= 4 is 17.4 Å². The SMILES string of the molecule is CCOc1cc(C2/C(=C(\[O-])c3ccc(OCc4ccccc4)c(C)c3)C(=O)C(=O)N2Cc2ccc[nH+]c2)ccc1O. The standard InChI is InChI=1S/C33H30N2O6/c1-3-40-28-17-24(11-13-26(28)36)30-29(32(38)33(39)35(30)19-23-10-7-15-34-18-23)31(37)25-12-14-27(21(2)16-25)41-20-22-8-5-4-6-9-22/h4-18,30,36-37H,3,19-20H2,1-2H3/b31-29+. The molecule has 0 aliphatic carbocycles. The first-order valence-electron chi connectivity index (χ1n) is 13.3. The number of ether oxygens (including phenoxy) is 2. The number of H-pyrrole nitrogens is 1. The van der Waals surface area contributed by atoms with Crippen LogP contribution < -0.4 is 19.6 Å². The van der Waals surface area contributed by atoms with Crippen molar-refractivity contribution in [3.8, 4) is 17.2 Å². The number of aromatic hydroxyl groups is 1. The van der Waals surface area contributed by atoms with Crippen LogP contribution in [0, 0.1) is 6.92 Å². The highest BCUT2D eigenvalue weighted by molar-refractivity contribution is 6.46. The van der Waals surface area contributed by atoms with Crippen molar-refractivity contribution in [2.24, 2.45) is 0 Å². The van der Waals surface area contributed by atoms with Gasteiger partial charge in [0.05, 0.1) is 19.2 Å². The number of aromatic nitrogens is 1. The summed E-state index contributed by atoms with van der Waals surface area (Å²) < 4.78 is 11.5. The quantitative estimate of drug-likeness (QED) is 0.192. The number of carbonyl (C=O) groups is 2. The third kappa shape index (κ3) is 5.77. The Bertz CT molecular complexity index is 1600. The Kier molecular flexibility index (Phi) is 8.01. The van der Waals surface area contributed by atoms with E-state index in [1.54, 1.807) is 55.7 Å². The number of Topliss-reactive ketones (excluding diaryl/α,β-unsaturated/α-hetero) is 1. The lowest BCUT2D eigenvalue weighted by Crippen LogP contribution is -2.29. The van der Waals surface area contributed by atoms with Crippen molar-refractivity contribution in [2.75, 3.05) is 6.61 Å². The Balaban J connectivity index is 1.55. The maximum absolute atomic E-state index is 13.9. The van der Waals surface area contributed by atoms with Gasteiger partial charge in [0.15, 0.2) is 23.9 Å². The summed E-state index contributed by atoms with van der Waals surface area (Å²) in [6.45, 7) is 4.38. The van der Waals surface area contributed by atoms with E-state index in [0.29, 0.717) is 24.5 Å². The zero-order valence-electron chi connectivity index (χ0n) is 22.8. The van der Waals surface area contributed by atoms with Crippen molar-refractivity contribution in [1.29, 1.82) is 0 Å². The van der Waals surface area contributed by atoms with E-state index >= 15 is 0 Å². The molecule has 0 radical (unpaired) electrons. The number of hydrogen-bond acceptors (Lipinski definition) is 6. The number of hydrogen-bond donors (Lipinski definition) is 1. The van der Waals surface area contributed by atoms with Crippen LogP contribution in [0.3, 0.4) is 0 Å². The van der Waals surface area contributed by atoms with Crippen LogP contribution in [0.5, 0.6) is 17.2 Å². The molecule has 1 aliphatic heterocycles. The second-order valence-electron chi connectivity index (χ2n) is 9.73. The fourth-order valence-corrected chi connectivity index (χ4v) is 4.92. The highest BCUT2D eigenvalue weighted by Crippen LogP contribution is 2.42. The average molecular weight is 551 g/mol. The van der Waals surface area contributed by atoms with Gasteiger partial charge in [0, 0.05) is 17.2 Å². The Labute approximate surface area is 238 Å². The maximum Gasteiger partial charge on any atom is 0.295 e. The van der Waals surface area contributed by atoms with Crippen LogP contribution >= 0.6 is 0 Å². The molecule has 5 rings (SSSR count). The number of nitrogens with zero attached hydrogens (tertiary/aromatic N) is 1. The van der Waals surface area contributed by atoms with Crippen LogP contribution in [-0.2, 0) is 22.7 Å². The number of nitrogens with one attached hydrogen (secondary N) is 1. The first kappa shape index (κ1) is 27.5. The molecule has 1 aliphatic rings. The van der Waals surface area contributed by atoms with Gasteiger partial charge in [0.2, 0.25) is 5.78 Å². The molecule has 2 N–H and O–H groups in total. The lowest BCUT2D eigenvalue weighted by atomic mass is 9.94. The Morgan fingerprint density at radius 2 is 1.73 bits per heavy atom. The molecule has 0 spiro atoms. The lowest BCUT2D eigenvalue weighted by molar-refractivity contribution is -0.378. The summed E-state index contributed by atoms with van der Waals surface area (Å²) in [7, 11) is 0. The molecular formula is C33H30N2O6. The molecule has 3 aromatic carbocycles. The summed E-state index contributed by atoms with van der Waals surface area (Å²) in [6, 6.07) is 22.0. The number of likely N-dealkylation sites (tertiary alicyclic amines) is 1. The topological polar surface area (TPSA) is 113 Å². The van der Waals surface area contributed by atoms with Crippen LogP contribution in [0.25, 0.3) is 5.76 Å². The first-order chi connectivity index (χ1) is 19.9. The number of benzene rings is 3. The van der Waals surface area contributed by atoms with Crippen molar-refractivity contribution in [3.05, 3.63) is 125 Å². The number of aromatic amines is 1. The van der Waals surface area contributed by atoms with E-state index in [2.05, 4.69) is 4.98 Å². The van der Waals surface area contributed by atoms with Gasteiger partial charge in [0.25, 0.3) is 5.91 Å². The zero-order chi connectivity index (χ0) is 28.9. The number of pyridine rings is 1.